The van der Waals surface area contributed by atoms with Crippen LogP contribution in [-0.2, 0) is 16.8 Å². The van der Waals surface area contributed by atoms with Crippen LogP contribution >= 0.6 is 24.8 Å². The van der Waals surface area contributed by atoms with Crippen LogP contribution < -0.4 is 5.32 Å². The smallest absolute Gasteiger partial charge is 0.240 e. The molecule has 1 N–H and O–H groups in total. The summed E-state index contributed by atoms with van der Waals surface area (Å²) in [6, 6.07) is 20.8. The zero-order chi connectivity index (χ0) is 19.3. The molecule has 1 aliphatic heterocycles. The maximum absolute atomic E-state index is 13.1. The summed E-state index contributed by atoms with van der Waals surface area (Å²) in [6.45, 7) is 1.58. The summed E-state index contributed by atoms with van der Waals surface area (Å²) in [5.41, 5.74) is 2.54. The van der Waals surface area contributed by atoms with Crippen molar-refractivity contribution in [2.75, 3.05) is 34.2 Å². The summed E-state index contributed by atoms with van der Waals surface area (Å²) in [5.74, 6) is 0.210. The van der Waals surface area contributed by atoms with E-state index >= 15 is 0 Å². The predicted molar refractivity (Wildman–Crippen MR) is 125 cm³/mol. The van der Waals surface area contributed by atoms with Crippen molar-refractivity contribution >= 4 is 30.7 Å². The molecule has 0 saturated carbocycles. The Balaban J connectivity index is 0.00000210. The highest BCUT2D eigenvalue weighted by atomic mass is 35.5. The highest BCUT2D eigenvalue weighted by Gasteiger charge is 2.40. The quantitative estimate of drug-likeness (QED) is 0.747. The van der Waals surface area contributed by atoms with Gasteiger partial charge in [0.25, 0.3) is 0 Å². The van der Waals surface area contributed by atoms with Crippen molar-refractivity contribution in [3.8, 4) is 0 Å². The highest BCUT2D eigenvalue weighted by molar-refractivity contribution is 5.85. The summed E-state index contributed by atoms with van der Waals surface area (Å²) < 4.78 is 0. The van der Waals surface area contributed by atoms with Crippen molar-refractivity contribution in [1.82, 2.24) is 15.1 Å². The van der Waals surface area contributed by atoms with Crippen LogP contribution in [0.5, 0.6) is 0 Å². The van der Waals surface area contributed by atoms with Crippen LogP contribution in [-0.4, -0.2) is 56.0 Å². The Hall–Kier alpha value is -1.59. The Bertz CT molecular complexity index is 732. The summed E-state index contributed by atoms with van der Waals surface area (Å²) in [4.78, 5) is 17.5. The van der Waals surface area contributed by atoms with E-state index in [9.17, 15) is 4.79 Å². The van der Waals surface area contributed by atoms with Gasteiger partial charge in [0.2, 0.25) is 5.91 Å². The molecule has 1 atom stereocenters. The molecule has 1 heterocycles. The molecule has 0 aliphatic carbocycles. The number of likely N-dealkylation sites (N-methyl/N-ethyl adjacent to an activating group) is 1. The van der Waals surface area contributed by atoms with Gasteiger partial charge >= 0.3 is 0 Å². The first-order chi connectivity index (χ1) is 13.1. The van der Waals surface area contributed by atoms with E-state index in [1.165, 1.54) is 11.1 Å². The molecule has 0 radical (unpaired) electrons. The van der Waals surface area contributed by atoms with Gasteiger partial charge in [0, 0.05) is 18.6 Å². The van der Waals surface area contributed by atoms with Gasteiger partial charge in [0.15, 0.2) is 0 Å². The van der Waals surface area contributed by atoms with Gasteiger partial charge in [-0.1, -0.05) is 60.7 Å². The van der Waals surface area contributed by atoms with E-state index in [0.717, 1.165) is 32.4 Å². The zero-order valence-electron chi connectivity index (χ0n) is 17.5. The molecule has 4 nitrogen and oxygen atoms in total. The third kappa shape index (κ3) is 5.73. The van der Waals surface area contributed by atoms with Gasteiger partial charge in [-0.15, -0.1) is 24.8 Å². The first-order valence-electron chi connectivity index (χ1n) is 9.80. The number of nitrogens with one attached hydrogen (secondary N) is 1. The molecule has 0 aromatic heterocycles. The summed E-state index contributed by atoms with van der Waals surface area (Å²) in [5, 5.41) is 3.22. The number of benzene rings is 2. The van der Waals surface area contributed by atoms with Crippen LogP contribution in [0, 0.1) is 0 Å². The molecule has 2 aromatic rings. The molecule has 160 valence electrons. The minimum atomic E-state index is -0.170. The molecule has 1 amide bonds. The van der Waals surface area contributed by atoms with Crippen LogP contribution in [0.15, 0.2) is 60.7 Å². The van der Waals surface area contributed by atoms with Gasteiger partial charge in [0.05, 0.1) is 6.04 Å². The Morgan fingerprint density at radius 2 is 1.52 bits per heavy atom. The lowest BCUT2D eigenvalue weighted by Gasteiger charge is -2.47. The maximum atomic E-state index is 13.1. The molecular formula is C23H33Cl2N3O. The van der Waals surface area contributed by atoms with E-state index < -0.39 is 0 Å². The lowest BCUT2D eigenvalue weighted by Crippen LogP contribution is -2.55. The average Bonchev–Trinajstić information content (AvgIpc) is 2.73. The Labute approximate surface area is 187 Å². The van der Waals surface area contributed by atoms with Crippen LogP contribution in [0.25, 0.3) is 0 Å². The van der Waals surface area contributed by atoms with Crippen molar-refractivity contribution in [3.05, 3.63) is 71.8 Å². The highest BCUT2D eigenvalue weighted by Crippen LogP contribution is 2.37. The van der Waals surface area contributed by atoms with Crippen molar-refractivity contribution in [3.63, 3.8) is 0 Å². The summed E-state index contributed by atoms with van der Waals surface area (Å²) >= 11 is 0. The van der Waals surface area contributed by atoms with E-state index in [4.69, 9.17) is 0 Å². The number of halogens is 2. The van der Waals surface area contributed by atoms with Crippen molar-refractivity contribution in [2.45, 2.75) is 30.8 Å². The van der Waals surface area contributed by atoms with Crippen LogP contribution in [0.2, 0.25) is 0 Å². The van der Waals surface area contributed by atoms with Crippen molar-refractivity contribution in [1.29, 1.82) is 0 Å². The lowest BCUT2D eigenvalue weighted by atomic mass is 9.79. The SMILES string of the molecule is CN[C@@H](Cc1ccccc1)C(=O)N1CCC(c2ccccc2)(N(C)C)CC1.Cl.Cl. The normalized spacial score (nSPS) is 16.5. The maximum Gasteiger partial charge on any atom is 0.240 e. The third-order valence-electron chi connectivity index (χ3n) is 6.00. The molecule has 3 rings (SSSR count). The molecule has 1 aliphatic rings. The van der Waals surface area contributed by atoms with Crippen LogP contribution in [0.1, 0.15) is 24.0 Å². The first kappa shape index (κ1) is 25.4. The van der Waals surface area contributed by atoms with Crippen LogP contribution in [0.3, 0.4) is 0 Å². The second-order valence-electron chi connectivity index (χ2n) is 7.65. The number of hydrogen-bond donors (Lipinski definition) is 1. The number of nitrogens with zero attached hydrogens (tertiary/aromatic N) is 2. The fourth-order valence-electron chi connectivity index (χ4n) is 4.22. The van der Waals surface area contributed by atoms with Gasteiger partial charge in [-0.05, 0) is 51.5 Å². The molecule has 29 heavy (non-hydrogen) atoms. The zero-order valence-corrected chi connectivity index (χ0v) is 19.1. The van der Waals surface area contributed by atoms with Gasteiger partial charge in [0.1, 0.15) is 0 Å². The van der Waals surface area contributed by atoms with Gasteiger partial charge in [-0.25, -0.2) is 0 Å². The van der Waals surface area contributed by atoms with Gasteiger partial charge < -0.3 is 10.2 Å². The number of piperidine rings is 1. The molecular weight excluding hydrogens is 405 g/mol. The third-order valence-corrected chi connectivity index (χ3v) is 6.00. The van der Waals surface area contributed by atoms with E-state index in [0.29, 0.717) is 0 Å². The second kappa shape index (κ2) is 11.6. The Morgan fingerprint density at radius 1 is 1.00 bits per heavy atom. The fourth-order valence-corrected chi connectivity index (χ4v) is 4.22. The monoisotopic (exact) mass is 437 g/mol. The Kier molecular flexibility index (Phi) is 10.1. The number of amides is 1. The predicted octanol–water partition coefficient (Wildman–Crippen LogP) is 3.74. The fraction of sp³-hybridized carbons (Fsp3) is 0.435. The molecule has 0 spiro atoms. The van der Waals surface area contributed by atoms with E-state index in [2.05, 4.69) is 66.8 Å². The summed E-state index contributed by atoms with van der Waals surface area (Å²) in [6.07, 6.45) is 2.64. The van der Waals surface area contributed by atoms with Gasteiger partial charge in [-0.2, -0.15) is 0 Å². The number of carbonyl (C=O) groups is 1. The standard InChI is InChI=1S/C23H31N3O.2ClH/c1-24-21(18-19-10-6-4-7-11-19)22(27)26-16-14-23(15-17-26,25(2)3)20-12-8-5-9-13-20;;/h4-13,21,24H,14-18H2,1-3H3;2*1H/t21-;;/m0../s1. The van der Waals surface area contributed by atoms with E-state index in [-0.39, 0.29) is 42.3 Å². The molecule has 1 saturated heterocycles. The van der Waals surface area contributed by atoms with Gasteiger partial charge in [-0.3, -0.25) is 9.69 Å². The molecule has 1 fully saturated rings. The minimum Gasteiger partial charge on any atom is -0.341 e. The number of rotatable bonds is 6. The first-order valence-corrected chi connectivity index (χ1v) is 9.80. The minimum absolute atomic E-state index is 0. The molecule has 0 unspecified atom stereocenters. The Morgan fingerprint density at radius 3 is 2.00 bits per heavy atom. The lowest BCUT2D eigenvalue weighted by molar-refractivity contribution is -0.136. The second-order valence-corrected chi connectivity index (χ2v) is 7.65. The van der Waals surface area contributed by atoms with E-state index in [1.54, 1.807) is 0 Å². The average molecular weight is 438 g/mol. The van der Waals surface area contributed by atoms with E-state index in [1.807, 2.05) is 30.1 Å². The number of hydrogen-bond acceptors (Lipinski definition) is 3. The largest absolute Gasteiger partial charge is 0.341 e. The summed E-state index contributed by atoms with van der Waals surface area (Å²) in [7, 11) is 6.18. The molecule has 2 aromatic carbocycles. The van der Waals surface area contributed by atoms with Crippen LogP contribution in [0.4, 0.5) is 0 Å². The molecule has 0 bridgehead atoms. The topological polar surface area (TPSA) is 35.6 Å². The van der Waals surface area contributed by atoms with Crippen molar-refractivity contribution in [2.24, 2.45) is 0 Å². The molecule has 6 heteroatoms. The number of likely N-dealkylation sites (tertiary alicyclic amines) is 1. The number of carbonyl (C=O) groups excluding carboxylic acids is 1. The van der Waals surface area contributed by atoms with Crippen molar-refractivity contribution < 1.29 is 4.79 Å².